The van der Waals surface area contributed by atoms with Gasteiger partial charge in [-0.2, -0.15) is 0 Å². The van der Waals surface area contributed by atoms with Crippen LogP contribution in [0, 0.1) is 0 Å². The van der Waals surface area contributed by atoms with E-state index in [1.165, 1.54) is 38.4 Å². The van der Waals surface area contributed by atoms with Gasteiger partial charge in [0.25, 0.3) is 10.0 Å². The van der Waals surface area contributed by atoms with E-state index < -0.39 is 20.0 Å². The average Bonchev–Trinajstić information content (AvgIpc) is 2.55. The SMILES string of the molecule is CCc1ccc(S(=O)(=O)Nc2ccc(S(=O)(=O)N(C)C)cc2)cc1. The molecule has 130 valence electrons. The summed E-state index contributed by atoms with van der Waals surface area (Å²) < 4.78 is 52.2. The van der Waals surface area contributed by atoms with Crippen LogP contribution < -0.4 is 4.72 Å². The third-order valence-electron chi connectivity index (χ3n) is 3.53. The van der Waals surface area contributed by atoms with Crippen molar-refractivity contribution in [2.75, 3.05) is 18.8 Å². The molecule has 0 aliphatic heterocycles. The van der Waals surface area contributed by atoms with Gasteiger partial charge in [0.1, 0.15) is 0 Å². The van der Waals surface area contributed by atoms with Gasteiger partial charge in [0.15, 0.2) is 0 Å². The van der Waals surface area contributed by atoms with E-state index in [2.05, 4.69) is 4.72 Å². The van der Waals surface area contributed by atoms with Crippen molar-refractivity contribution in [1.29, 1.82) is 0 Å². The number of hydrogen-bond donors (Lipinski definition) is 1. The Bertz CT molecular complexity index is 902. The summed E-state index contributed by atoms with van der Waals surface area (Å²) in [6, 6.07) is 12.2. The molecule has 0 fully saturated rings. The van der Waals surface area contributed by atoms with Crippen molar-refractivity contribution in [3.05, 3.63) is 54.1 Å². The van der Waals surface area contributed by atoms with Crippen molar-refractivity contribution in [3.63, 3.8) is 0 Å². The summed E-state index contributed by atoms with van der Waals surface area (Å²) in [6.45, 7) is 1.99. The number of nitrogens with zero attached hydrogens (tertiary/aromatic N) is 1. The molecule has 0 saturated carbocycles. The zero-order chi connectivity index (χ0) is 18.0. The van der Waals surface area contributed by atoms with Gasteiger partial charge in [-0.25, -0.2) is 21.1 Å². The smallest absolute Gasteiger partial charge is 0.261 e. The van der Waals surface area contributed by atoms with Gasteiger partial charge in [-0.3, -0.25) is 4.72 Å². The van der Waals surface area contributed by atoms with Crippen LogP contribution >= 0.6 is 0 Å². The van der Waals surface area contributed by atoms with Crippen LogP contribution in [0.3, 0.4) is 0 Å². The molecule has 2 aromatic rings. The topological polar surface area (TPSA) is 83.5 Å². The van der Waals surface area contributed by atoms with Crippen LogP contribution in [0.2, 0.25) is 0 Å². The number of hydrogen-bond acceptors (Lipinski definition) is 4. The van der Waals surface area contributed by atoms with Crippen LogP contribution in [-0.4, -0.2) is 35.2 Å². The van der Waals surface area contributed by atoms with Crippen LogP contribution in [0.25, 0.3) is 0 Å². The van der Waals surface area contributed by atoms with Crippen molar-refractivity contribution in [2.24, 2.45) is 0 Å². The Balaban J connectivity index is 2.24. The van der Waals surface area contributed by atoms with Gasteiger partial charge in [-0.1, -0.05) is 19.1 Å². The molecule has 0 spiro atoms. The molecular formula is C16H20N2O4S2. The lowest BCUT2D eigenvalue weighted by Crippen LogP contribution is -2.22. The maximum Gasteiger partial charge on any atom is 0.261 e. The van der Waals surface area contributed by atoms with Crippen molar-refractivity contribution >= 4 is 25.7 Å². The number of rotatable bonds is 6. The molecule has 0 heterocycles. The lowest BCUT2D eigenvalue weighted by molar-refractivity contribution is 0.521. The summed E-state index contributed by atoms with van der Waals surface area (Å²) in [6.07, 6.45) is 0.829. The minimum Gasteiger partial charge on any atom is -0.280 e. The lowest BCUT2D eigenvalue weighted by Gasteiger charge is -2.12. The summed E-state index contributed by atoms with van der Waals surface area (Å²) in [4.78, 5) is 0.257. The molecule has 0 aliphatic carbocycles. The van der Waals surface area contributed by atoms with Gasteiger partial charge in [-0.15, -0.1) is 0 Å². The van der Waals surface area contributed by atoms with Crippen molar-refractivity contribution in [1.82, 2.24) is 4.31 Å². The summed E-state index contributed by atoms with van der Waals surface area (Å²) in [5, 5.41) is 0. The van der Waals surface area contributed by atoms with Gasteiger partial charge in [0.2, 0.25) is 10.0 Å². The molecular weight excluding hydrogens is 348 g/mol. The van der Waals surface area contributed by atoms with E-state index in [1.807, 2.05) is 6.92 Å². The van der Waals surface area contributed by atoms with Gasteiger partial charge >= 0.3 is 0 Å². The molecule has 0 atom stereocenters. The zero-order valence-electron chi connectivity index (χ0n) is 13.7. The number of anilines is 1. The molecule has 24 heavy (non-hydrogen) atoms. The quantitative estimate of drug-likeness (QED) is 0.848. The normalized spacial score (nSPS) is 12.3. The fourth-order valence-corrected chi connectivity index (χ4v) is 3.98. The molecule has 0 aliphatic rings. The molecule has 0 aromatic heterocycles. The van der Waals surface area contributed by atoms with Crippen molar-refractivity contribution in [3.8, 4) is 0 Å². The van der Waals surface area contributed by atoms with Crippen LogP contribution in [-0.2, 0) is 26.5 Å². The fourth-order valence-electron chi connectivity index (χ4n) is 2.02. The fraction of sp³-hybridized carbons (Fsp3) is 0.250. The van der Waals surface area contributed by atoms with Crippen LogP contribution in [0.5, 0.6) is 0 Å². The highest BCUT2D eigenvalue weighted by atomic mass is 32.2. The molecule has 0 unspecified atom stereocenters. The molecule has 8 heteroatoms. The van der Waals surface area contributed by atoms with Crippen LogP contribution in [0.4, 0.5) is 5.69 Å². The second-order valence-corrected chi connectivity index (χ2v) is 9.25. The third-order valence-corrected chi connectivity index (χ3v) is 6.75. The summed E-state index contributed by atoms with van der Waals surface area (Å²) in [5.41, 5.74) is 1.35. The van der Waals surface area contributed by atoms with Crippen LogP contribution in [0.15, 0.2) is 58.3 Å². The Hall–Kier alpha value is -1.90. The Morgan fingerprint density at radius 1 is 0.833 bits per heavy atom. The minimum atomic E-state index is -3.71. The second kappa shape index (κ2) is 6.92. The van der Waals surface area contributed by atoms with E-state index in [1.54, 1.807) is 24.3 Å². The van der Waals surface area contributed by atoms with Gasteiger partial charge in [0.05, 0.1) is 9.79 Å². The number of nitrogens with one attached hydrogen (secondary N) is 1. The van der Waals surface area contributed by atoms with E-state index >= 15 is 0 Å². The monoisotopic (exact) mass is 368 g/mol. The van der Waals surface area contributed by atoms with Gasteiger partial charge < -0.3 is 0 Å². The van der Waals surface area contributed by atoms with E-state index in [4.69, 9.17) is 0 Å². The van der Waals surface area contributed by atoms with Crippen molar-refractivity contribution in [2.45, 2.75) is 23.1 Å². The molecule has 2 rings (SSSR count). The highest BCUT2D eigenvalue weighted by Gasteiger charge is 2.18. The predicted molar refractivity (Wildman–Crippen MR) is 93.9 cm³/mol. The molecule has 0 bridgehead atoms. The first-order chi connectivity index (χ1) is 11.2. The van der Waals surface area contributed by atoms with Gasteiger partial charge in [0, 0.05) is 19.8 Å². The Morgan fingerprint density at radius 2 is 1.33 bits per heavy atom. The van der Waals surface area contributed by atoms with E-state index in [0.717, 1.165) is 16.3 Å². The Kier molecular flexibility index (Phi) is 5.32. The average molecular weight is 368 g/mol. The molecule has 1 N–H and O–H groups in total. The lowest BCUT2D eigenvalue weighted by atomic mass is 10.2. The maximum absolute atomic E-state index is 12.4. The van der Waals surface area contributed by atoms with Gasteiger partial charge in [-0.05, 0) is 48.4 Å². The summed E-state index contributed by atoms with van der Waals surface area (Å²) in [7, 11) is -4.38. The summed E-state index contributed by atoms with van der Waals surface area (Å²) in [5.74, 6) is 0. The first kappa shape index (κ1) is 18.4. The molecule has 2 aromatic carbocycles. The van der Waals surface area contributed by atoms with E-state index in [-0.39, 0.29) is 9.79 Å². The maximum atomic E-state index is 12.4. The highest BCUT2D eigenvalue weighted by Crippen LogP contribution is 2.20. The molecule has 0 saturated heterocycles. The zero-order valence-corrected chi connectivity index (χ0v) is 15.4. The van der Waals surface area contributed by atoms with E-state index in [9.17, 15) is 16.8 Å². The standard InChI is InChI=1S/C16H20N2O4S2/c1-4-13-5-9-15(10-6-13)23(19,20)17-14-7-11-16(12-8-14)24(21,22)18(2)3/h5-12,17H,4H2,1-3H3. The third kappa shape index (κ3) is 3.95. The largest absolute Gasteiger partial charge is 0.280 e. The predicted octanol–water partition coefficient (Wildman–Crippen LogP) is 2.30. The minimum absolute atomic E-state index is 0.0998. The van der Waals surface area contributed by atoms with Crippen LogP contribution in [0.1, 0.15) is 12.5 Å². The summed E-state index contributed by atoms with van der Waals surface area (Å²) >= 11 is 0. The second-order valence-electron chi connectivity index (χ2n) is 5.41. The highest BCUT2D eigenvalue weighted by molar-refractivity contribution is 7.92. The van der Waals surface area contributed by atoms with Crippen molar-refractivity contribution < 1.29 is 16.8 Å². The first-order valence-electron chi connectivity index (χ1n) is 7.31. The number of benzene rings is 2. The van der Waals surface area contributed by atoms with E-state index in [0.29, 0.717) is 5.69 Å². The molecule has 0 amide bonds. The first-order valence-corrected chi connectivity index (χ1v) is 10.2. The number of aryl methyl sites for hydroxylation is 1. The molecule has 6 nitrogen and oxygen atoms in total. The number of sulfonamides is 2. The Morgan fingerprint density at radius 3 is 1.79 bits per heavy atom. The Labute approximate surface area is 143 Å². The molecule has 0 radical (unpaired) electrons.